The van der Waals surface area contributed by atoms with Crippen molar-refractivity contribution in [3.05, 3.63) is 34.1 Å². The molecule has 1 nitrogen and oxygen atoms in total. The number of nitrogens with two attached hydrogens (primary N) is 1. The minimum Gasteiger partial charge on any atom is -0.322 e. The maximum atomic E-state index is 13.5. The third kappa shape index (κ3) is 2.01. The molecule has 3 heteroatoms. The second-order valence-electron chi connectivity index (χ2n) is 3.77. The summed E-state index contributed by atoms with van der Waals surface area (Å²) in [6.07, 6.45) is 0. The Morgan fingerprint density at radius 2 is 1.92 bits per heavy atom. The predicted molar refractivity (Wildman–Crippen MR) is 53.4 cm³/mol. The molecule has 1 aromatic carbocycles. The van der Waals surface area contributed by atoms with Crippen LogP contribution in [0.4, 0.5) is 4.39 Å². The molecule has 1 aromatic rings. The van der Waals surface area contributed by atoms with E-state index in [0.29, 0.717) is 5.56 Å². The lowest BCUT2D eigenvalue weighted by atomic mass is 9.91. The Bertz CT molecular complexity index is 328. The Kier molecular flexibility index (Phi) is 2.64. The summed E-state index contributed by atoms with van der Waals surface area (Å²) in [7, 11) is 0. The van der Waals surface area contributed by atoms with Gasteiger partial charge in [-0.2, -0.15) is 0 Å². The number of aryl methyl sites for hydroxylation is 1. The van der Waals surface area contributed by atoms with Gasteiger partial charge in [-0.25, -0.2) is 4.39 Å². The molecule has 0 heterocycles. The van der Waals surface area contributed by atoms with Crippen molar-refractivity contribution in [3.8, 4) is 0 Å². The van der Waals surface area contributed by atoms with Crippen LogP contribution in [0.5, 0.6) is 0 Å². The van der Waals surface area contributed by atoms with Crippen molar-refractivity contribution in [3.63, 3.8) is 0 Å². The van der Waals surface area contributed by atoms with Crippen LogP contribution in [-0.2, 0) is 5.54 Å². The highest BCUT2D eigenvalue weighted by Crippen LogP contribution is 2.28. The molecule has 1 rings (SSSR count). The van der Waals surface area contributed by atoms with E-state index in [4.69, 9.17) is 17.3 Å². The van der Waals surface area contributed by atoms with E-state index >= 15 is 0 Å². The Balaban J connectivity index is 3.43. The van der Waals surface area contributed by atoms with Gasteiger partial charge in [0, 0.05) is 11.1 Å². The first kappa shape index (κ1) is 10.5. The van der Waals surface area contributed by atoms with Gasteiger partial charge in [-0.15, -0.1) is 0 Å². The zero-order chi connectivity index (χ0) is 10.2. The van der Waals surface area contributed by atoms with Crippen molar-refractivity contribution in [2.24, 2.45) is 5.73 Å². The maximum Gasteiger partial charge on any atom is 0.147 e. The molecule has 0 bridgehead atoms. The largest absolute Gasteiger partial charge is 0.322 e. The van der Waals surface area contributed by atoms with Crippen molar-refractivity contribution in [1.29, 1.82) is 0 Å². The zero-order valence-electron chi connectivity index (χ0n) is 7.99. The molecule has 13 heavy (non-hydrogen) atoms. The third-order valence-corrected chi connectivity index (χ3v) is 2.24. The van der Waals surface area contributed by atoms with Crippen molar-refractivity contribution < 1.29 is 4.39 Å². The van der Waals surface area contributed by atoms with Crippen LogP contribution in [-0.4, -0.2) is 0 Å². The lowest BCUT2D eigenvalue weighted by Crippen LogP contribution is -2.31. The van der Waals surface area contributed by atoms with Crippen molar-refractivity contribution in [1.82, 2.24) is 0 Å². The summed E-state index contributed by atoms with van der Waals surface area (Å²) in [4.78, 5) is 0. The molecule has 0 aromatic heterocycles. The summed E-state index contributed by atoms with van der Waals surface area (Å²) in [5.74, 6) is -0.408. The van der Waals surface area contributed by atoms with Gasteiger partial charge in [0.2, 0.25) is 0 Å². The second kappa shape index (κ2) is 3.28. The second-order valence-corrected chi connectivity index (χ2v) is 4.18. The minimum absolute atomic E-state index is 0.124. The zero-order valence-corrected chi connectivity index (χ0v) is 8.74. The number of halogens is 2. The van der Waals surface area contributed by atoms with Crippen LogP contribution in [0, 0.1) is 12.7 Å². The topological polar surface area (TPSA) is 26.0 Å². The molecule has 0 saturated heterocycles. The molecule has 2 N–H and O–H groups in total. The Morgan fingerprint density at radius 1 is 1.38 bits per heavy atom. The maximum absolute atomic E-state index is 13.5. The first-order valence-electron chi connectivity index (χ1n) is 4.08. The van der Waals surface area contributed by atoms with E-state index < -0.39 is 11.4 Å². The minimum atomic E-state index is -0.695. The molecule has 0 aliphatic heterocycles. The van der Waals surface area contributed by atoms with E-state index in [1.807, 2.05) is 6.92 Å². The average Bonchev–Trinajstić information content (AvgIpc) is 1.95. The fraction of sp³-hybridized carbons (Fsp3) is 0.400. The van der Waals surface area contributed by atoms with Gasteiger partial charge in [0.05, 0.1) is 5.02 Å². The molecular weight excluding hydrogens is 189 g/mol. The summed E-state index contributed by atoms with van der Waals surface area (Å²) < 4.78 is 13.5. The molecule has 0 radical (unpaired) electrons. The van der Waals surface area contributed by atoms with E-state index in [0.717, 1.165) is 5.56 Å². The van der Waals surface area contributed by atoms with Crippen LogP contribution < -0.4 is 5.73 Å². The monoisotopic (exact) mass is 201 g/mol. The fourth-order valence-electron chi connectivity index (χ4n) is 1.44. The molecule has 0 unspecified atom stereocenters. The van der Waals surface area contributed by atoms with Crippen molar-refractivity contribution in [2.75, 3.05) is 0 Å². The van der Waals surface area contributed by atoms with Gasteiger partial charge in [0.25, 0.3) is 0 Å². The highest BCUT2D eigenvalue weighted by molar-refractivity contribution is 6.30. The van der Waals surface area contributed by atoms with Gasteiger partial charge in [-0.05, 0) is 32.4 Å². The van der Waals surface area contributed by atoms with E-state index in [1.54, 1.807) is 26.0 Å². The molecule has 0 fully saturated rings. The highest BCUT2D eigenvalue weighted by Gasteiger charge is 2.22. The molecule has 0 atom stereocenters. The standard InChI is InChI=1S/C10H13ClFN/c1-6-4-5-7(11)9(12)8(6)10(2,3)13/h4-5H,13H2,1-3H3. The van der Waals surface area contributed by atoms with Crippen LogP contribution in [0.1, 0.15) is 25.0 Å². The number of benzene rings is 1. The average molecular weight is 202 g/mol. The first-order valence-corrected chi connectivity index (χ1v) is 4.46. The molecule has 0 saturated carbocycles. The van der Waals surface area contributed by atoms with Crippen LogP contribution in [0.3, 0.4) is 0 Å². The third-order valence-electron chi connectivity index (χ3n) is 1.95. The highest BCUT2D eigenvalue weighted by atomic mass is 35.5. The molecule has 0 amide bonds. The smallest absolute Gasteiger partial charge is 0.147 e. The van der Waals surface area contributed by atoms with Crippen LogP contribution >= 0.6 is 11.6 Å². The lowest BCUT2D eigenvalue weighted by molar-refractivity contribution is 0.498. The summed E-state index contributed by atoms with van der Waals surface area (Å²) in [5, 5.41) is 0.124. The number of hydrogen-bond acceptors (Lipinski definition) is 1. The van der Waals surface area contributed by atoms with Gasteiger partial charge in [0.15, 0.2) is 0 Å². The summed E-state index contributed by atoms with van der Waals surface area (Å²) in [6.45, 7) is 5.34. The molecule has 0 spiro atoms. The molecule has 0 aliphatic carbocycles. The normalized spacial score (nSPS) is 11.8. The molecular formula is C10H13ClFN. The summed E-state index contributed by atoms with van der Waals surface area (Å²) in [5.41, 5.74) is 6.45. The van der Waals surface area contributed by atoms with E-state index in [-0.39, 0.29) is 5.02 Å². The van der Waals surface area contributed by atoms with Gasteiger partial charge in [0.1, 0.15) is 5.82 Å². The van der Waals surface area contributed by atoms with Gasteiger partial charge in [-0.1, -0.05) is 17.7 Å². The fourth-order valence-corrected chi connectivity index (χ4v) is 1.60. The Morgan fingerprint density at radius 3 is 2.31 bits per heavy atom. The van der Waals surface area contributed by atoms with E-state index in [1.165, 1.54) is 0 Å². The van der Waals surface area contributed by atoms with Crippen LogP contribution in [0.2, 0.25) is 5.02 Å². The number of hydrogen-bond donors (Lipinski definition) is 1. The summed E-state index contributed by atoms with van der Waals surface area (Å²) in [6, 6.07) is 3.32. The van der Waals surface area contributed by atoms with Crippen LogP contribution in [0.15, 0.2) is 12.1 Å². The van der Waals surface area contributed by atoms with Crippen molar-refractivity contribution in [2.45, 2.75) is 26.3 Å². The Hall–Kier alpha value is -0.600. The first-order chi connectivity index (χ1) is 5.84. The van der Waals surface area contributed by atoms with Gasteiger partial charge < -0.3 is 5.73 Å². The molecule has 0 aliphatic rings. The predicted octanol–water partition coefficient (Wildman–Crippen LogP) is 2.98. The van der Waals surface area contributed by atoms with Crippen molar-refractivity contribution >= 4 is 11.6 Å². The van der Waals surface area contributed by atoms with E-state index in [9.17, 15) is 4.39 Å². The number of rotatable bonds is 1. The Labute approximate surface area is 82.7 Å². The lowest BCUT2D eigenvalue weighted by Gasteiger charge is -2.22. The van der Waals surface area contributed by atoms with Crippen LogP contribution in [0.25, 0.3) is 0 Å². The van der Waals surface area contributed by atoms with Gasteiger partial charge in [-0.3, -0.25) is 0 Å². The SMILES string of the molecule is Cc1ccc(Cl)c(F)c1C(C)(C)N. The van der Waals surface area contributed by atoms with Gasteiger partial charge >= 0.3 is 0 Å². The van der Waals surface area contributed by atoms with E-state index in [2.05, 4.69) is 0 Å². The summed E-state index contributed by atoms with van der Waals surface area (Å²) >= 11 is 5.66. The quantitative estimate of drug-likeness (QED) is 0.743. The molecule has 72 valence electrons.